The van der Waals surface area contributed by atoms with E-state index in [9.17, 15) is 9.59 Å². The Kier molecular flexibility index (Phi) is 2.95. The normalized spacial score (nSPS) is 10.9. The van der Waals surface area contributed by atoms with E-state index in [4.69, 9.17) is 11.6 Å². The van der Waals surface area contributed by atoms with Crippen LogP contribution in [0.25, 0.3) is 16.6 Å². The van der Waals surface area contributed by atoms with Crippen LogP contribution in [-0.2, 0) is 0 Å². The first-order valence-electron chi connectivity index (χ1n) is 6.08. The zero-order chi connectivity index (χ0) is 14.3. The number of nitrogens with one attached hydrogen (secondary N) is 1. The van der Waals surface area contributed by atoms with Gasteiger partial charge in [-0.2, -0.15) is 0 Å². The Hall–Kier alpha value is -2.33. The number of para-hydroxylation sites is 1. The van der Waals surface area contributed by atoms with Gasteiger partial charge in [0.25, 0.3) is 5.56 Å². The number of H-pyrrole nitrogens is 1. The van der Waals surface area contributed by atoms with E-state index in [-0.39, 0.29) is 5.56 Å². The van der Waals surface area contributed by atoms with Gasteiger partial charge in [-0.3, -0.25) is 4.79 Å². The van der Waals surface area contributed by atoms with E-state index in [1.807, 2.05) is 13.0 Å². The number of rotatable bonds is 1. The Bertz CT molecular complexity index is 925. The van der Waals surface area contributed by atoms with Gasteiger partial charge in [-0.05, 0) is 36.8 Å². The Labute approximate surface area is 119 Å². The molecule has 0 aliphatic carbocycles. The van der Waals surface area contributed by atoms with Crippen molar-refractivity contribution in [1.29, 1.82) is 0 Å². The van der Waals surface area contributed by atoms with Crippen LogP contribution in [0.1, 0.15) is 5.56 Å². The van der Waals surface area contributed by atoms with Gasteiger partial charge in [-0.25, -0.2) is 9.36 Å². The van der Waals surface area contributed by atoms with Crippen molar-refractivity contribution in [2.24, 2.45) is 0 Å². The molecule has 0 radical (unpaired) electrons. The summed E-state index contributed by atoms with van der Waals surface area (Å²) in [5.74, 6) is 0. The molecule has 100 valence electrons. The lowest BCUT2D eigenvalue weighted by molar-refractivity contribution is 0.901. The third-order valence-corrected chi connectivity index (χ3v) is 3.45. The Morgan fingerprint density at radius 3 is 2.60 bits per heavy atom. The van der Waals surface area contributed by atoms with Crippen LogP contribution in [0.3, 0.4) is 0 Å². The number of aryl methyl sites for hydroxylation is 1. The number of aromatic amines is 1. The van der Waals surface area contributed by atoms with Gasteiger partial charge in [-0.15, -0.1) is 0 Å². The fourth-order valence-electron chi connectivity index (χ4n) is 2.17. The molecule has 0 atom stereocenters. The number of hydrogen-bond donors (Lipinski definition) is 1. The maximum absolute atomic E-state index is 12.5. The highest BCUT2D eigenvalue weighted by molar-refractivity contribution is 6.32. The number of hydrogen-bond acceptors (Lipinski definition) is 2. The second kappa shape index (κ2) is 4.65. The fourth-order valence-corrected chi connectivity index (χ4v) is 2.49. The molecule has 0 bridgehead atoms. The first kappa shape index (κ1) is 12.7. The summed E-state index contributed by atoms with van der Waals surface area (Å²) in [7, 11) is 0. The Morgan fingerprint density at radius 2 is 1.85 bits per heavy atom. The molecule has 20 heavy (non-hydrogen) atoms. The van der Waals surface area contributed by atoms with Crippen LogP contribution in [0.15, 0.2) is 52.1 Å². The molecule has 3 rings (SSSR count). The van der Waals surface area contributed by atoms with Crippen LogP contribution < -0.4 is 11.2 Å². The molecule has 0 aliphatic heterocycles. The maximum Gasteiger partial charge on any atom is 0.333 e. The molecule has 0 saturated carbocycles. The van der Waals surface area contributed by atoms with Crippen LogP contribution in [0.4, 0.5) is 0 Å². The quantitative estimate of drug-likeness (QED) is 0.748. The summed E-state index contributed by atoms with van der Waals surface area (Å²) < 4.78 is 1.06. The molecule has 0 saturated heterocycles. The highest BCUT2D eigenvalue weighted by Crippen LogP contribution is 2.19. The van der Waals surface area contributed by atoms with Gasteiger partial charge in [0.15, 0.2) is 0 Å². The second-order valence-corrected chi connectivity index (χ2v) is 4.98. The lowest BCUT2D eigenvalue weighted by Gasteiger charge is -2.08. The van der Waals surface area contributed by atoms with Gasteiger partial charge >= 0.3 is 5.69 Å². The van der Waals surface area contributed by atoms with Crippen LogP contribution >= 0.6 is 11.6 Å². The van der Waals surface area contributed by atoms with Gasteiger partial charge in [0, 0.05) is 0 Å². The van der Waals surface area contributed by atoms with Crippen molar-refractivity contribution < 1.29 is 0 Å². The minimum Gasteiger partial charge on any atom is -0.306 e. The molecule has 0 amide bonds. The van der Waals surface area contributed by atoms with Crippen LogP contribution in [-0.4, -0.2) is 9.55 Å². The van der Waals surface area contributed by atoms with Crippen molar-refractivity contribution in [3.8, 4) is 5.69 Å². The number of nitrogens with zero attached hydrogens (tertiary/aromatic N) is 1. The largest absolute Gasteiger partial charge is 0.333 e. The number of halogens is 1. The van der Waals surface area contributed by atoms with E-state index in [0.717, 1.165) is 10.1 Å². The molecule has 1 aromatic heterocycles. The third-order valence-electron chi connectivity index (χ3n) is 3.15. The monoisotopic (exact) mass is 286 g/mol. The van der Waals surface area contributed by atoms with E-state index in [0.29, 0.717) is 21.6 Å². The van der Waals surface area contributed by atoms with E-state index < -0.39 is 5.69 Å². The summed E-state index contributed by atoms with van der Waals surface area (Å²) >= 11 is 6.15. The zero-order valence-electron chi connectivity index (χ0n) is 10.7. The van der Waals surface area contributed by atoms with Gasteiger partial charge in [-0.1, -0.05) is 29.8 Å². The summed E-state index contributed by atoms with van der Waals surface area (Å²) in [6.45, 7) is 1.89. The summed E-state index contributed by atoms with van der Waals surface area (Å²) in [5.41, 5.74) is 0.981. The van der Waals surface area contributed by atoms with Crippen LogP contribution in [0, 0.1) is 6.92 Å². The molecular weight excluding hydrogens is 276 g/mol. The summed E-state index contributed by atoms with van der Waals surface area (Å²) in [4.78, 5) is 27.3. The molecule has 1 heterocycles. The highest BCUT2D eigenvalue weighted by Gasteiger charge is 2.11. The number of aromatic nitrogens is 2. The summed E-state index contributed by atoms with van der Waals surface area (Å²) in [6, 6.07) is 12.1. The molecule has 0 aliphatic rings. The minimum absolute atomic E-state index is 0.368. The Morgan fingerprint density at radius 1 is 1.10 bits per heavy atom. The van der Waals surface area contributed by atoms with E-state index in [2.05, 4.69) is 4.98 Å². The van der Waals surface area contributed by atoms with Crippen molar-refractivity contribution in [3.63, 3.8) is 0 Å². The van der Waals surface area contributed by atoms with Crippen molar-refractivity contribution >= 4 is 22.5 Å². The lowest BCUT2D eigenvalue weighted by atomic mass is 10.2. The molecule has 4 nitrogen and oxygen atoms in total. The molecule has 0 fully saturated rings. The van der Waals surface area contributed by atoms with Gasteiger partial charge in [0.1, 0.15) is 0 Å². The molecule has 5 heteroatoms. The molecule has 0 unspecified atom stereocenters. The topological polar surface area (TPSA) is 54.9 Å². The minimum atomic E-state index is -0.501. The van der Waals surface area contributed by atoms with Crippen molar-refractivity contribution in [2.45, 2.75) is 6.92 Å². The van der Waals surface area contributed by atoms with E-state index in [1.54, 1.807) is 36.4 Å². The predicted octanol–water partition coefficient (Wildman–Crippen LogP) is 2.64. The van der Waals surface area contributed by atoms with Gasteiger partial charge in [0.05, 0.1) is 21.6 Å². The molecule has 1 N–H and O–H groups in total. The molecule has 3 aromatic rings. The zero-order valence-corrected chi connectivity index (χ0v) is 11.4. The standard InChI is InChI=1S/C15H11ClN2O2/c1-9-6-7-13(11(16)8-9)18-14(19)10-4-2-3-5-12(10)17-15(18)20/h2-8H,1H3,(H,17,20). The smallest absolute Gasteiger partial charge is 0.306 e. The fraction of sp³-hybridized carbons (Fsp3) is 0.0667. The maximum atomic E-state index is 12.5. The summed E-state index contributed by atoms with van der Waals surface area (Å²) in [6.07, 6.45) is 0. The van der Waals surface area contributed by atoms with Gasteiger partial charge in [0.2, 0.25) is 0 Å². The average molecular weight is 287 g/mol. The SMILES string of the molecule is Cc1ccc(-n2c(=O)[nH]c3ccccc3c2=O)c(Cl)c1. The van der Waals surface area contributed by atoms with E-state index in [1.165, 1.54) is 0 Å². The predicted molar refractivity (Wildman–Crippen MR) is 79.9 cm³/mol. The molecule has 2 aromatic carbocycles. The van der Waals surface area contributed by atoms with Crippen molar-refractivity contribution in [2.75, 3.05) is 0 Å². The lowest BCUT2D eigenvalue weighted by Crippen LogP contribution is -2.33. The van der Waals surface area contributed by atoms with Crippen LogP contribution in [0.2, 0.25) is 5.02 Å². The summed E-state index contributed by atoms with van der Waals surface area (Å²) in [5, 5.41) is 0.816. The van der Waals surface area contributed by atoms with Crippen molar-refractivity contribution in [3.05, 3.63) is 73.9 Å². The van der Waals surface area contributed by atoms with Crippen molar-refractivity contribution in [1.82, 2.24) is 9.55 Å². The van der Waals surface area contributed by atoms with E-state index >= 15 is 0 Å². The molecular formula is C15H11ClN2O2. The highest BCUT2D eigenvalue weighted by atomic mass is 35.5. The van der Waals surface area contributed by atoms with Gasteiger partial charge < -0.3 is 4.98 Å². The number of fused-ring (bicyclic) bond motifs is 1. The Balaban J connectivity index is 2.43. The first-order chi connectivity index (χ1) is 9.58. The first-order valence-corrected chi connectivity index (χ1v) is 6.46. The molecule has 0 spiro atoms. The second-order valence-electron chi connectivity index (χ2n) is 4.57. The third kappa shape index (κ3) is 1.94. The number of benzene rings is 2. The van der Waals surface area contributed by atoms with Crippen LogP contribution in [0.5, 0.6) is 0 Å². The average Bonchev–Trinajstić information content (AvgIpc) is 2.41.